The molecule has 0 bridgehead atoms. The second-order valence-electron chi connectivity index (χ2n) is 8.51. The standard InChI is InChI=1S/C32H30P2S/c1-5-13-27(14-6-1)33(28-15-7-2-8-16-28)25-23-31-21-22-32(35-31)24-26-34(29-17-9-3-10-18-29)30-19-11-4-12-20-30/h1-22H,23-26H2. The number of hydrogen-bond acceptors (Lipinski definition) is 1. The van der Waals surface area contributed by atoms with Crippen LogP contribution in [-0.2, 0) is 12.8 Å². The summed E-state index contributed by atoms with van der Waals surface area (Å²) in [5.74, 6) is 0. The van der Waals surface area contributed by atoms with Gasteiger partial charge in [-0.15, -0.1) is 11.3 Å². The average Bonchev–Trinajstić information content (AvgIpc) is 3.39. The van der Waals surface area contributed by atoms with Crippen LogP contribution < -0.4 is 21.2 Å². The highest BCUT2D eigenvalue weighted by Gasteiger charge is 2.16. The largest absolute Gasteiger partial charge is 0.145 e. The predicted octanol–water partition coefficient (Wildman–Crippen LogP) is 7.10. The molecule has 0 nitrogen and oxygen atoms in total. The summed E-state index contributed by atoms with van der Waals surface area (Å²) in [6, 6.07) is 49.0. The van der Waals surface area contributed by atoms with Crippen molar-refractivity contribution in [2.24, 2.45) is 0 Å². The lowest BCUT2D eigenvalue weighted by Gasteiger charge is -2.18. The van der Waals surface area contributed by atoms with Crippen LogP contribution in [0.1, 0.15) is 9.75 Å². The molecule has 0 amide bonds. The molecular weight excluding hydrogens is 478 g/mol. The van der Waals surface area contributed by atoms with Crippen molar-refractivity contribution in [1.29, 1.82) is 0 Å². The Kier molecular flexibility index (Phi) is 8.57. The van der Waals surface area contributed by atoms with Crippen molar-refractivity contribution in [3.63, 3.8) is 0 Å². The molecule has 0 atom stereocenters. The van der Waals surface area contributed by atoms with E-state index in [1.54, 1.807) is 0 Å². The smallest absolute Gasteiger partial charge is 0.00518 e. The predicted molar refractivity (Wildman–Crippen MR) is 160 cm³/mol. The van der Waals surface area contributed by atoms with Gasteiger partial charge in [0.15, 0.2) is 0 Å². The lowest BCUT2D eigenvalue weighted by molar-refractivity contribution is 1.20. The first-order valence-corrected chi connectivity index (χ1v) is 16.1. The molecule has 0 radical (unpaired) electrons. The molecule has 3 heteroatoms. The molecule has 5 aromatic rings. The molecule has 0 aliphatic carbocycles. The van der Waals surface area contributed by atoms with Gasteiger partial charge >= 0.3 is 0 Å². The highest BCUT2D eigenvalue weighted by atomic mass is 32.1. The van der Waals surface area contributed by atoms with E-state index < -0.39 is 0 Å². The number of rotatable bonds is 10. The normalized spacial score (nSPS) is 11.3. The van der Waals surface area contributed by atoms with Gasteiger partial charge in [-0.25, -0.2) is 0 Å². The van der Waals surface area contributed by atoms with E-state index in [4.69, 9.17) is 0 Å². The maximum atomic E-state index is 2.37. The van der Waals surface area contributed by atoms with Gasteiger partial charge in [0.05, 0.1) is 0 Å². The van der Waals surface area contributed by atoms with Crippen LogP contribution >= 0.6 is 27.2 Å². The van der Waals surface area contributed by atoms with Crippen LogP contribution in [0, 0.1) is 0 Å². The third kappa shape index (κ3) is 6.56. The zero-order valence-electron chi connectivity index (χ0n) is 19.8. The topological polar surface area (TPSA) is 0 Å². The van der Waals surface area contributed by atoms with E-state index in [1.165, 1.54) is 43.3 Å². The Morgan fingerprint density at radius 1 is 0.371 bits per heavy atom. The summed E-state index contributed by atoms with van der Waals surface area (Å²) in [4.78, 5) is 3.03. The van der Waals surface area contributed by atoms with Crippen LogP contribution in [-0.4, -0.2) is 12.3 Å². The highest BCUT2D eigenvalue weighted by molar-refractivity contribution is 7.73. The molecule has 5 rings (SSSR count). The van der Waals surface area contributed by atoms with E-state index in [-0.39, 0.29) is 15.8 Å². The zero-order chi connectivity index (χ0) is 23.7. The van der Waals surface area contributed by atoms with Crippen molar-refractivity contribution in [1.82, 2.24) is 0 Å². The van der Waals surface area contributed by atoms with E-state index in [1.807, 2.05) is 11.3 Å². The van der Waals surface area contributed by atoms with Crippen LogP contribution in [0.25, 0.3) is 0 Å². The molecular formula is C32H30P2S. The molecule has 1 aromatic heterocycles. The van der Waals surface area contributed by atoms with Crippen LogP contribution in [0.15, 0.2) is 133 Å². The third-order valence-corrected chi connectivity index (χ3v) is 12.4. The quantitative estimate of drug-likeness (QED) is 0.177. The molecule has 0 unspecified atom stereocenters. The van der Waals surface area contributed by atoms with Crippen LogP contribution in [0.2, 0.25) is 0 Å². The van der Waals surface area contributed by atoms with Crippen molar-refractivity contribution in [3.05, 3.63) is 143 Å². The third-order valence-electron chi connectivity index (χ3n) is 6.15. The Morgan fingerprint density at radius 2 is 0.657 bits per heavy atom. The second-order valence-corrected chi connectivity index (χ2v) is 14.4. The zero-order valence-corrected chi connectivity index (χ0v) is 22.4. The summed E-state index contributed by atoms with van der Waals surface area (Å²) >= 11 is 2.02. The average molecular weight is 509 g/mol. The molecule has 0 saturated heterocycles. The monoisotopic (exact) mass is 508 g/mol. The van der Waals surface area contributed by atoms with Gasteiger partial charge < -0.3 is 0 Å². The van der Waals surface area contributed by atoms with E-state index in [0.717, 1.165) is 12.8 Å². The summed E-state index contributed by atoms with van der Waals surface area (Å²) in [7, 11) is -0.668. The van der Waals surface area contributed by atoms with Crippen molar-refractivity contribution in [2.45, 2.75) is 12.8 Å². The van der Waals surface area contributed by atoms with Crippen LogP contribution in [0.5, 0.6) is 0 Å². The first-order chi connectivity index (χ1) is 17.4. The molecule has 0 N–H and O–H groups in total. The highest BCUT2D eigenvalue weighted by Crippen LogP contribution is 2.37. The second kappa shape index (κ2) is 12.4. The summed E-state index contributed by atoms with van der Waals surface area (Å²) < 4.78 is 0. The minimum atomic E-state index is -0.334. The fourth-order valence-corrected chi connectivity index (χ4v) is 10.4. The summed E-state index contributed by atoms with van der Waals surface area (Å²) in [5, 5.41) is 5.90. The molecule has 35 heavy (non-hydrogen) atoms. The van der Waals surface area contributed by atoms with Crippen molar-refractivity contribution in [2.75, 3.05) is 12.3 Å². The van der Waals surface area contributed by atoms with Gasteiger partial charge in [-0.1, -0.05) is 121 Å². The number of thiophene rings is 1. The lowest BCUT2D eigenvalue weighted by Crippen LogP contribution is -2.14. The van der Waals surface area contributed by atoms with E-state index >= 15 is 0 Å². The van der Waals surface area contributed by atoms with Gasteiger partial charge in [0.1, 0.15) is 0 Å². The van der Waals surface area contributed by atoms with Gasteiger partial charge in [-0.2, -0.15) is 0 Å². The van der Waals surface area contributed by atoms with E-state index in [0.29, 0.717) is 0 Å². The molecule has 174 valence electrons. The van der Waals surface area contributed by atoms with E-state index in [9.17, 15) is 0 Å². The molecule has 0 aliphatic rings. The molecule has 0 spiro atoms. The Hall–Kier alpha value is -2.56. The van der Waals surface area contributed by atoms with Crippen LogP contribution in [0.3, 0.4) is 0 Å². The SMILES string of the molecule is c1ccc(P(CCc2ccc(CCP(c3ccccc3)c3ccccc3)s2)c2ccccc2)cc1. The van der Waals surface area contributed by atoms with Crippen molar-refractivity contribution < 1.29 is 0 Å². The first kappa shape index (κ1) is 24.1. The summed E-state index contributed by atoms with van der Waals surface area (Å²) in [5.41, 5.74) is 0. The fraction of sp³-hybridized carbons (Fsp3) is 0.125. The lowest BCUT2D eigenvalue weighted by atomic mass is 10.3. The Bertz CT molecular complexity index is 1100. The minimum Gasteiger partial charge on any atom is -0.145 e. The maximum absolute atomic E-state index is 2.37. The van der Waals surface area contributed by atoms with Crippen LogP contribution in [0.4, 0.5) is 0 Å². The summed E-state index contributed by atoms with van der Waals surface area (Å²) in [6.45, 7) is 0. The van der Waals surface area contributed by atoms with Crippen molar-refractivity contribution >= 4 is 48.4 Å². The molecule has 0 aliphatic heterocycles. The summed E-state index contributed by atoms with van der Waals surface area (Å²) in [6.07, 6.45) is 4.69. The first-order valence-electron chi connectivity index (χ1n) is 12.2. The molecule has 0 saturated carbocycles. The van der Waals surface area contributed by atoms with E-state index in [2.05, 4.69) is 133 Å². The number of benzene rings is 4. The van der Waals surface area contributed by atoms with Gasteiger partial charge in [-0.3, -0.25) is 0 Å². The molecule has 1 heterocycles. The fourth-order valence-electron chi connectivity index (χ4n) is 4.38. The number of aryl methyl sites for hydroxylation is 2. The Morgan fingerprint density at radius 3 is 0.943 bits per heavy atom. The number of hydrogen-bond donors (Lipinski definition) is 0. The van der Waals surface area contributed by atoms with Gasteiger partial charge in [0.25, 0.3) is 0 Å². The Balaban J connectivity index is 1.26. The van der Waals surface area contributed by atoms with Gasteiger partial charge in [-0.05, 0) is 74.4 Å². The Labute approximate surface area is 216 Å². The maximum Gasteiger partial charge on any atom is 0.00518 e. The molecule has 4 aromatic carbocycles. The van der Waals surface area contributed by atoms with Gasteiger partial charge in [0.2, 0.25) is 0 Å². The minimum absolute atomic E-state index is 0.334. The van der Waals surface area contributed by atoms with Gasteiger partial charge in [0, 0.05) is 9.75 Å². The van der Waals surface area contributed by atoms with Crippen molar-refractivity contribution in [3.8, 4) is 0 Å². The molecule has 0 fully saturated rings.